The molecule has 2 aliphatic heterocycles. The van der Waals surface area contributed by atoms with Crippen molar-refractivity contribution in [2.45, 2.75) is 51.2 Å². The third-order valence-electron chi connectivity index (χ3n) is 7.32. The summed E-state index contributed by atoms with van der Waals surface area (Å²) in [5.41, 5.74) is 5.82. The molecule has 0 saturated carbocycles. The second-order valence-electron chi connectivity index (χ2n) is 9.74. The van der Waals surface area contributed by atoms with Crippen LogP contribution >= 0.6 is 11.6 Å². The molecule has 0 aliphatic carbocycles. The zero-order valence-corrected chi connectivity index (χ0v) is 20.7. The van der Waals surface area contributed by atoms with Gasteiger partial charge in [-0.1, -0.05) is 66.2 Å². The highest BCUT2D eigenvalue weighted by atomic mass is 35.5. The minimum atomic E-state index is 0.0544. The van der Waals surface area contributed by atoms with Crippen molar-refractivity contribution < 1.29 is 9.59 Å². The summed E-state index contributed by atoms with van der Waals surface area (Å²) < 4.78 is 0. The monoisotopic (exact) mass is 486 g/mol. The third-order valence-corrected chi connectivity index (χ3v) is 7.57. The van der Waals surface area contributed by atoms with Crippen LogP contribution in [0.5, 0.6) is 0 Å². The Hall–Kier alpha value is -2.95. The van der Waals surface area contributed by atoms with Crippen LogP contribution in [-0.4, -0.2) is 34.6 Å². The first kappa shape index (κ1) is 23.8. The predicted octanol–water partition coefficient (Wildman–Crippen LogP) is 6.22. The van der Waals surface area contributed by atoms with Crippen LogP contribution in [0.25, 0.3) is 0 Å². The van der Waals surface area contributed by atoms with Crippen LogP contribution in [0.3, 0.4) is 0 Å². The first-order chi connectivity index (χ1) is 17.0. The van der Waals surface area contributed by atoms with Crippen LogP contribution in [0.2, 0.25) is 5.02 Å². The number of amides is 1. The lowest BCUT2D eigenvalue weighted by Gasteiger charge is -2.32. The quantitative estimate of drug-likeness (QED) is 0.372. The highest BCUT2D eigenvalue weighted by Crippen LogP contribution is 2.29. The Morgan fingerprint density at radius 2 is 1.54 bits per heavy atom. The minimum absolute atomic E-state index is 0.0544. The van der Waals surface area contributed by atoms with Gasteiger partial charge in [0.05, 0.1) is 0 Å². The molecule has 0 spiro atoms. The number of carbonyl (C=O) groups excluding carboxylic acids is 2. The molecule has 1 amide bonds. The molecule has 2 heterocycles. The minimum Gasteiger partial charge on any atom is -0.343 e. The Balaban J connectivity index is 1.10. The lowest BCUT2D eigenvalue weighted by molar-refractivity contribution is -0.132. The highest BCUT2D eigenvalue weighted by Gasteiger charge is 2.25. The van der Waals surface area contributed by atoms with E-state index in [-0.39, 0.29) is 24.5 Å². The molecule has 0 bridgehead atoms. The van der Waals surface area contributed by atoms with Crippen molar-refractivity contribution in [1.82, 2.24) is 9.80 Å². The van der Waals surface area contributed by atoms with E-state index in [1.807, 2.05) is 35.2 Å². The van der Waals surface area contributed by atoms with E-state index in [9.17, 15) is 9.59 Å². The van der Waals surface area contributed by atoms with E-state index < -0.39 is 0 Å². The predicted molar refractivity (Wildman–Crippen MR) is 139 cm³/mol. The Morgan fingerprint density at radius 1 is 0.829 bits per heavy atom. The Labute approximate surface area is 212 Å². The lowest BCUT2D eigenvalue weighted by Crippen LogP contribution is -2.38. The summed E-state index contributed by atoms with van der Waals surface area (Å²) >= 11 is 6.00. The number of benzene rings is 3. The summed E-state index contributed by atoms with van der Waals surface area (Å²) in [6.07, 6.45) is 2.45. The fourth-order valence-electron chi connectivity index (χ4n) is 5.31. The van der Waals surface area contributed by atoms with Gasteiger partial charge in [0, 0.05) is 56.2 Å². The SMILES string of the molecule is O=C(CCC(=O)N1CCC(c2ccc(Cl)cc2)CC1)c1ccc2c(c1)CN(Cc1ccccc1)C2. The molecule has 180 valence electrons. The highest BCUT2D eigenvalue weighted by molar-refractivity contribution is 6.30. The van der Waals surface area contributed by atoms with Gasteiger partial charge in [-0.15, -0.1) is 0 Å². The number of fused-ring (bicyclic) bond motifs is 1. The fourth-order valence-corrected chi connectivity index (χ4v) is 5.44. The van der Waals surface area contributed by atoms with Crippen molar-refractivity contribution in [2.75, 3.05) is 13.1 Å². The molecule has 1 fully saturated rings. The van der Waals surface area contributed by atoms with E-state index in [0.29, 0.717) is 5.92 Å². The molecule has 0 unspecified atom stereocenters. The third kappa shape index (κ3) is 5.83. The second kappa shape index (κ2) is 10.8. The molecule has 4 nitrogen and oxygen atoms in total. The van der Waals surface area contributed by atoms with E-state index in [0.717, 1.165) is 56.2 Å². The number of halogens is 1. The van der Waals surface area contributed by atoms with Gasteiger partial charge in [-0.05, 0) is 59.2 Å². The normalized spacial score (nSPS) is 16.3. The lowest BCUT2D eigenvalue weighted by atomic mass is 9.89. The van der Waals surface area contributed by atoms with E-state index >= 15 is 0 Å². The van der Waals surface area contributed by atoms with E-state index in [1.54, 1.807) is 0 Å². The van der Waals surface area contributed by atoms with Crippen LogP contribution < -0.4 is 0 Å². The van der Waals surface area contributed by atoms with Crippen LogP contribution in [0.4, 0.5) is 0 Å². The summed E-state index contributed by atoms with van der Waals surface area (Å²) in [5.74, 6) is 0.604. The number of hydrogen-bond donors (Lipinski definition) is 0. The van der Waals surface area contributed by atoms with Crippen molar-refractivity contribution in [3.63, 3.8) is 0 Å². The topological polar surface area (TPSA) is 40.6 Å². The Kier molecular flexibility index (Phi) is 7.31. The smallest absolute Gasteiger partial charge is 0.223 e. The first-order valence-corrected chi connectivity index (χ1v) is 12.9. The van der Waals surface area contributed by atoms with Crippen molar-refractivity contribution in [3.05, 3.63) is 106 Å². The standard InChI is InChI=1S/C30H31ClN2O2/c31-28-10-8-23(9-11-28)24-14-16-33(17-15-24)30(35)13-12-29(34)25-6-7-26-20-32(21-27(26)18-25)19-22-4-2-1-3-5-22/h1-11,18,24H,12-17,19-21H2. The number of hydrogen-bond acceptors (Lipinski definition) is 3. The van der Waals surface area contributed by atoms with Crippen LogP contribution in [0, 0.1) is 0 Å². The molecule has 0 radical (unpaired) electrons. The first-order valence-electron chi connectivity index (χ1n) is 12.5. The maximum Gasteiger partial charge on any atom is 0.223 e. The van der Waals surface area contributed by atoms with Gasteiger partial charge in [0.2, 0.25) is 5.91 Å². The maximum absolute atomic E-state index is 12.9. The average molecular weight is 487 g/mol. The van der Waals surface area contributed by atoms with E-state index in [4.69, 9.17) is 11.6 Å². The molecule has 2 aliphatic rings. The average Bonchev–Trinajstić information content (AvgIpc) is 3.29. The molecule has 0 atom stereocenters. The molecule has 0 N–H and O–H groups in total. The van der Waals surface area contributed by atoms with Crippen LogP contribution in [0.15, 0.2) is 72.8 Å². The number of nitrogens with zero attached hydrogens (tertiary/aromatic N) is 2. The van der Waals surface area contributed by atoms with Crippen LogP contribution in [-0.2, 0) is 24.4 Å². The molecule has 0 aromatic heterocycles. The molecule has 5 heteroatoms. The number of piperidine rings is 1. The molecular weight excluding hydrogens is 456 g/mol. The van der Waals surface area contributed by atoms with Crippen molar-refractivity contribution in [2.24, 2.45) is 0 Å². The largest absolute Gasteiger partial charge is 0.343 e. The number of Topliss-reactive ketones (excluding diaryl/α,β-unsaturated/α-hetero) is 1. The molecule has 1 saturated heterocycles. The van der Waals surface area contributed by atoms with Gasteiger partial charge < -0.3 is 4.90 Å². The van der Waals surface area contributed by atoms with Gasteiger partial charge in [0.1, 0.15) is 0 Å². The van der Waals surface area contributed by atoms with Crippen molar-refractivity contribution in [1.29, 1.82) is 0 Å². The number of likely N-dealkylation sites (tertiary alicyclic amines) is 1. The van der Waals surface area contributed by atoms with Gasteiger partial charge in [0.25, 0.3) is 0 Å². The molecule has 35 heavy (non-hydrogen) atoms. The fraction of sp³-hybridized carbons (Fsp3) is 0.333. The number of carbonyl (C=O) groups is 2. The molecular formula is C30H31ClN2O2. The van der Waals surface area contributed by atoms with Gasteiger partial charge in [-0.2, -0.15) is 0 Å². The van der Waals surface area contributed by atoms with Gasteiger partial charge in [-0.25, -0.2) is 0 Å². The number of rotatable bonds is 7. The van der Waals surface area contributed by atoms with E-state index in [2.05, 4.69) is 47.4 Å². The zero-order chi connectivity index (χ0) is 24.2. The molecule has 3 aromatic carbocycles. The Morgan fingerprint density at radius 3 is 2.29 bits per heavy atom. The van der Waals surface area contributed by atoms with Crippen LogP contribution in [0.1, 0.15) is 64.2 Å². The summed E-state index contributed by atoms with van der Waals surface area (Å²) in [7, 11) is 0. The summed E-state index contributed by atoms with van der Waals surface area (Å²) in [6.45, 7) is 4.16. The molecule has 5 rings (SSSR count). The van der Waals surface area contributed by atoms with E-state index in [1.165, 1.54) is 22.3 Å². The summed E-state index contributed by atoms with van der Waals surface area (Å²) in [5, 5.41) is 0.749. The zero-order valence-electron chi connectivity index (χ0n) is 20.0. The molecule has 3 aromatic rings. The van der Waals surface area contributed by atoms with Crippen molar-refractivity contribution in [3.8, 4) is 0 Å². The summed E-state index contributed by atoms with van der Waals surface area (Å²) in [4.78, 5) is 30.0. The van der Waals surface area contributed by atoms with Gasteiger partial charge in [-0.3, -0.25) is 14.5 Å². The Bertz CT molecular complexity index is 1180. The number of ketones is 1. The maximum atomic E-state index is 12.9. The second-order valence-corrected chi connectivity index (χ2v) is 10.2. The van der Waals surface area contributed by atoms with Crippen molar-refractivity contribution >= 4 is 23.3 Å². The van der Waals surface area contributed by atoms with Gasteiger partial charge >= 0.3 is 0 Å². The summed E-state index contributed by atoms with van der Waals surface area (Å²) in [6, 6.07) is 24.5. The van der Waals surface area contributed by atoms with Gasteiger partial charge in [0.15, 0.2) is 5.78 Å².